The number of hydrogen-bond acceptors (Lipinski definition) is 1. The highest BCUT2D eigenvalue weighted by Gasteiger charge is 2.59. The van der Waals surface area contributed by atoms with Crippen LogP contribution in [0.2, 0.25) is 0 Å². The lowest BCUT2D eigenvalue weighted by Crippen LogP contribution is -2.50. The number of aliphatic hydroxyl groups is 1. The molecule has 1 N–H and O–H groups in total. The van der Waals surface area contributed by atoms with Gasteiger partial charge in [0.05, 0.1) is 6.10 Å². The lowest BCUT2D eigenvalue weighted by atomic mass is 9.47. The molecule has 0 radical (unpaired) electrons. The second kappa shape index (κ2) is 8.57. The van der Waals surface area contributed by atoms with Gasteiger partial charge in [-0.05, 0) is 110 Å². The lowest BCUT2D eigenvalue weighted by Gasteiger charge is -2.58. The second-order valence-electron chi connectivity index (χ2n) is 12.9. The van der Waals surface area contributed by atoms with Gasteiger partial charge in [0.2, 0.25) is 0 Å². The Morgan fingerprint density at radius 3 is 2.47 bits per heavy atom. The van der Waals surface area contributed by atoms with Crippen LogP contribution in [0.25, 0.3) is 0 Å². The average Bonchev–Trinajstić information content (AvgIpc) is 3.06. The quantitative estimate of drug-likeness (QED) is 0.436. The topological polar surface area (TPSA) is 20.2 Å². The number of aliphatic hydroxyl groups excluding tert-OH is 1. The second-order valence-corrected chi connectivity index (χ2v) is 12.9. The molecule has 0 saturated heterocycles. The molecule has 0 aliphatic heterocycles. The van der Waals surface area contributed by atoms with Crippen LogP contribution in [0.3, 0.4) is 0 Å². The zero-order valence-corrected chi connectivity index (χ0v) is 20.9. The predicted molar refractivity (Wildman–Crippen MR) is 128 cm³/mol. The van der Waals surface area contributed by atoms with E-state index in [1.165, 1.54) is 57.8 Å². The minimum Gasteiger partial charge on any atom is -0.393 e. The van der Waals surface area contributed by atoms with Gasteiger partial charge in [0.1, 0.15) is 0 Å². The SMILES string of the molecule is CC[C@H](CC[C@@H](C)[C@H]1CCC2C3CC=C4CC(O)CC[C@]4(C)C3CC[C@@]21C)C(C)C. The highest BCUT2D eigenvalue weighted by molar-refractivity contribution is 5.25. The standard InChI is InChI=1S/C29H50O/c1-7-21(19(2)3)9-8-20(4)25-12-13-26-24-11-10-22-18-23(30)14-16-28(22,5)27(24)15-17-29(25,26)6/h10,19-21,23-27,30H,7-9,11-18H2,1-6H3/t20-,21-,23?,24?,25-,26?,27?,28+,29-/m1/s1. The van der Waals surface area contributed by atoms with E-state index < -0.39 is 0 Å². The Balaban J connectivity index is 1.47. The number of rotatable bonds is 6. The highest BCUT2D eigenvalue weighted by Crippen LogP contribution is 2.67. The van der Waals surface area contributed by atoms with Crippen LogP contribution in [0.5, 0.6) is 0 Å². The molecule has 9 atom stereocenters. The molecule has 3 saturated carbocycles. The van der Waals surface area contributed by atoms with Gasteiger partial charge in [0.25, 0.3) is 0 Å². The van der Waals surface area contributed by atoms with Crippen molar-refractivity contribution in [3.05, 3.63) is 11.6 Å². The van der Waals surface area contributed by atoms with E-state index in [0.717, 1.165) is 54.3 Å². The van der Waals surface area contributed by atoms with Gasteiger partial charge in [-0.25, -0.2) is 0 Å². The fourth-order valence-electron chi connectivity index (χ4n) is 9.30. The molecule has 0 bridgehead atoms. The van der Waals surface area contributed by atoms with E-state index in [0.29, 0.717) is 10.8 Å². The van der Waals surface area contributed by atoms with Gasteiger partial charge in [0.15, 0.2) is 0 Å². The van der Waals surface area contributed by atoms with Crippen molar-refractivity contribution < 1.29 is 5.11 Å². The van der Waals surface area contributed by atoms with E-state index in [-0.39, 0.29) is 6.10 Å². The van der Waals surface area contributed by atoms with Gasteiger partial charge < -0.3 is 5.11 Å². The Hall–Kier alpha value is -0.300. The van der Waals surface area contributed by atoms with Crippen molar-refractivity contribution in [3.63, 3.8) is 0 Å². The fourth-order valence-corrected chi connectivity index (χ4v) is 9.30. The monoisotopic (exact) mass is 414 g/mol. The number of fused-ring (bicyclic) bond motifs is 5. The Labute approximate surface area is 187 Å². The van der Waals surface area contributed by atoms with Crippen molar-refractivity contribution in [1.29, 1.82) is 0 Å². The molecule has 4 rings (SSSR count). The maximum atomic E-state index is 10.2. The fraction of sp³-hybridized carbons (Fsp3) is 0.931. The van der Waals surface area contributed by atoms with Gasteiger partial charge in [0, 0.05) is 0 Å². The molecule has 0 aromatic rings. The third kappa shape index (κ3) is 3.74. The average molecular weight is 415 g/mol. The number of hydrogen-bond donors (Lipinski definition) is 1. The predicted octanol–water partition coefficient (Wildman–Crippen LogP) is 8.02. The van der Waals surface area contributed by atoms with Gasteiger partial charge in [-0.1, -0.05) is 66.0 Å². The molecule has 172 valence electrons. The van der Waals surface area contributed by atoms with Crippen molar-refractivity contribution in [2.24, 2.45) is 52.3 Å². The van der Waals surface area contributed by atoms with Crippen LogP contribution < -0.4 is 0 Å². The third-order valence-corrected chi connectivity index (χ3v) is 11.3. The molecular weight excluding hydrogens is 364 g/mol. The summed E-state index contributed by atoms with van der Waals surface area (Å²) >= 11 is 0. The normalized spacial score (nSPS) is 45.3. The van der Waals surface area contributed by atoms with E-state index in [1.54, 1.807) is 5.57 Å². The summed E-state index contributed by atoms with van der Waals surface area (Å²) in [5.74, 6) is 6.31. The van der Waals surface area contributed by atoms with Crippen molar-refractivity contribution in [1.82, 2.24) is 0 Å². The zero-order chi connectivity index (χ0) is 21.7. The molecule has 4 unspecified atom stereocenters. The maximum absolute atomic E-state index is 10.2. The molecule has 3 fully saturated rings. The van der Waals surface area contributed by atoms with Crippen LogP contribution in [0.15, 0.2) is 11.6 Å². The third-order valence-electron chi connectivity index (χ3n) is 11.3. The van der Waals surface area contributed by atoms with Crippen LogP contribution in [0, 0.1) is 52.3 Å². The molecular formula is C29H50O. The lowest BCUT2D eigenvalue weighted by molar-refractivity contribution is -0.0575. The summed E-state index contributed by atoms with van der Waals surface area (Å²) in [6, 6.07) is 0. The minimum absolute atomic E-state index is 0.0794. The molecule has 30 heavy (non-hydrogen) atoms. The van der Waals surface area contributed by atoms with Crippen molar-refractivity contribution in [3.8, 4) is 0 Å². The number of allylic oxidation sites excluding steroid dienone is 1. The summed E-state index contributed by atoms with van der Waals surface area (Å²) < 4.78 is 0. The largest absolute Gasteiger partial charge is 0.393 e. The summed E-state index contributed by atoms with van der Waals surface area (Å²) in [6.45, 7) is 15.1. The molecule has 0 heterocycles. The van der Waals surface area contributed by atoms with Crippen LogP contribution in [-0.2, 0) is 0 Å². The Bertz CT molecular complexity index is 634. The first-order valence-electron chi connectivity index (χ1n) is 13.6. The zero-order valence-electron chi connectivity index (χ0n) is 20.9. The highest BCUT2D eigenvalue weighted by atomic mass is 16.3. The molecule has 1 nitrogen and oxygen atoms in total. The summed E-state index contributed by atoms with van der Waals surface area (Å²) in [4.78, 5) is 0. The van der Waals surface area contributed by atoms with E-state index in [4.69, 9.17) is 0 Å². The summed E-state index contributed by atoms with van der Waals surface area (Å²) in [7, 11) is 0. The molecule has 1 heteroatoms. The Morgan fingerprint density at radius 1 is 1.00 bits per heavy atom. The molecule has 0 aromatic carbocycles. The van der Waals surface area contributed by atoms with Crippen LogP contribution >= 0.6 is 0 Å². The van der Waals surface area contributed by atoms with Gasteiger partial charge >= 0.3 is 0 Å². The molecule has 0 spiro atoms. The Kier molecular flexibility index (Phi) is 6.53. The Morgan fingerprint density at radius 2 is 1.77 bits per heavy atom. The first-order chi connectivity index (χ1) is 14.2. The van der Waals surface area contributed by atoms with Crippen molar-refractivity contribution in [2.45, 2.75) is 118 Å². The molecule has 0 amide bonds. The van der Waals surface area contributed by atoms with Gasteiger partial charge in [-0.3, -0.25) is 0 Å². The molecule has 4 aliphatic carbocycles. The first-order valence-corrected chi connectivity index (χ1v) is 13.6. The summed E-state index contributed by atoms with van der Waals surface area (Å²) in [6.07, 6.45) is 17.1. The smallest absolute Gasteiger partial charge is 0.0577 e. The van der Waals surface area contributed by atoms with Crippen molar-refractivity contribution in [2.75, 3.05) is 0 Å². The van der Waals surface area contributed by atoms with Crippen molar-refractivity contribution >= 4 is 0 Å². The first kappa shape index (κ1) is 22.9. The van der Waals surface area contributed by atoms with E-state index >= 15 is 0 Å². The van der Waals surface area contributed by atoms with Crippen LogP contribution in [0.4, 0.5) is 0 Å². The molecule has 4 aliphatic rings. The summed E-state index contributed by atoms with van der Waals surface area (Å²) in [5, 5.41) is 10.2. The minimum atomic E-state index is -0.0794. The van der Waals surface area contributed by atoms with Gasteiger partial charge in [-0.15, -0.1) is 0 Å². The van der Waals surface area contributed by atoms with E-state index in [1.807, 2.05) is 0 Å². The molecule has 0 aromatic heterocycles. The maximum Gasteiger partial charge on any atom is 0.0577 e. The van der Waals surface area contributed by atoms with Gasteiger partial charge in [-0.2, -0.15) is 0 Å². The van der Waals surface area contributed by atoms with Crippen LogP contribution in [0.1, 0.15) is 112 Å². The van der Waals surface area contributed by atoms with E-state index in [9.17, 15) is 5.11 Å². The van der Waals surface area contributed by atoms with Crippen LogP contribution in [-0.4, -0.2) is 11.2 Å². The summed E-state index contributed by atoms with van der Waals surface area (Å²) in [5.41, 5.74) is 2.59. The van der Waals surface area contributed by atoms with E-state index in [2.05, 4.69) is 47.6 Å².